The van der Waals surface area contributed by atoms with E-state index in [0.717, 1.165) is 0 Å². The molecule has 0 atom stereocenters. The summed E-state index contributed by atoms with van der Waals surface area (Å²) in [5, 5.41) is 3.63. The minimum Gasteiger partial charge on any atom is -0.464 e. The topological polar surface area (TPSA) is 92.9 Å². The fourth-order valence-electron chi connectivity index (χ4n) is 3.26. The number of benzene rings is 1. The molecule has 0 unspecified atom stereocenters. The quantitative estimate of drug-likeness (QED) is 0.485. The molecule has 0 aliphatic carbocycles. The van der Waals surface area contributed by atoms with E-state index in [1.807, 2.05) is 35.2 Å². The molecular formula is C20H25Cl2N3O5. The number of aromatic nitrogens is 1. The standard InChI is InChI=1S/C20H23N3O5.2ClH/c1-14-17(18(21-28-14)20(26)27-2)16(24)8-9-22-10-12-23(13-11-22)19(25)15-6-4-3-5-7-15;;/h3-7H,8-13H2,1-2H3;2*1H. The molecule has 0 radical (unpaired) electrons. The molecule has 30 heavy (non-hydrogen) atoms. The van der Waals surface area contributed by atoms with Crippen molar-refractivity contribution < 1.29 is 23.6 Å². The van der Waals surface area contributed by atoms with Crippen LogP contribution in [0.15, 0.2) is 34.9 Å². The van der Waals surface area contributed by atoms with Gasteiger partial charge in [-0.25, -0.2) is 4.79 Å². The number of methoxy groups -OCH3 is 1. The summed E-state index contributed by atoms with van der Waals surface area (Å²) in [7, 11) is 1.23. The largest absolute Gasteiger partial charge is 0.464 e. The van der Waals surface area contributed by atoms with Gasteiger partial charge >= 0.3 is 5.97 Å². The van der Waals surface area contributed by atoms with Crippen LogP contribution in [0.4, 0.5) is 0 Å². The molecule has 0 N–H and O–H groups in total. The second-order valence-corrected chi connectivity index (χ2v) is 6.63. The Morgan fingerprint density at radius 1 is 1.07 bits per heavy atom. The molecule has 164 valence electrons. The molecule has 10 heteroatoms. The van der Waals surface area contributed by atoms with Crippen LogP contribution in [0, 0.1) is 6.92 Å². The second kappa shape index (κ2) is 11.7. The first-order valence-corrected chi connectivity index (χ1v) is 9.15. The Kier molecular flexibility index (Phi) is 9.98. The van der Waals surface area contributed by atoms with Gasteiger partial charge in [0, 0.05) is 44.7 Å². The number of piperazine rings is 1. The Morgan fingerprint density at radius 3 is 2.30 bits per heavy atom. The van der Waals surface area contributed by atoms with Crippen molar-refractivity contribution >= 4 is 42.5 Å². The summed E-state index contributed by atoms with van der Waals surface area (Å²) >= 11 is 0. The number of ether oxygens (including phenoxy) is 1. The summed E-state index contributed by atoms with van der Waals surface area (Å²) in [6, 6.07) is 9.21. The molecular weight excluding hydrogens is 433 g/mol. The fraction of sp³-hybridized carbons (Fsp3) is 0.400. The van der Waals surface area contributed by atoms with Gasteiger partial charge in [0.25, 0.3) is 5.91 Å². The van der Waals surface area contributed by atoms with Gasteiger partial charge in [-0.2, -0.15) is 0 Å². The maximum atomic E-state index is 12.6. The highest BCUT2D eigenvalue weighted by Gasteiger charge is 2.27. The van der Waals surface area contributed by atoms with E-state index >= 15 is 0 Å². The third kappa shape index (κ3) is 5.81. The molecule has 3 rings (SSSR count). The van der Waals surface area contributed by atoms with Gasteiger partial charge in [-0.05, 0) is 19.1 Å². The van der Waals surface area contributed by atoms with Crippen LogP contribution in [-0.2, 0) is 4.74 Å². The van der Waals surface area contributed by atoms with Crippen LogP contribution in [0.25, 0.3) is 0 Å². The van der Waals surface area contributed by atoms with Crippen molar-refractivity contribution in [3.05, 3.63) is 52.9 Å². The number of Topliss-reactive ketones (excluding diaryl/α,β-unsaturated/α-hetero) is 1. The number of hydrogen-bond donors (Lipinski definition) is 0. The molecule has 1 aromatic heterocycles. The van der Waals surface area contributed by atoms with Crippen LogP contribution < -0.4 is 0 Å². The number of carbonyl (C=O) groups excluding carboxylic acids is 3. The average molecular weight is 458 g/mol. The SMILES string of the molecule is COC(=O)c1noc(C)c1C(=O)CCN1CCN(C(=O)c2ccccc2)CC1.Cl.Cl. The smallest absolute Gasteiger partial charge is 0.361 e. The van der Waals surface area contributed by atoms with Gasteiger partial charge in [-0.15, -0.1) is 24.8 Å². The van der Waals surface area contributed by atoms with Gasteiger partial charge in [-0.1, -0.05) is 23.4 Å². The lowest BCUT2D eigenvalue weighted by atomic mass is 10.1. The monoisotopic (exact) mass is 457 g/mol. The van der Waals surface area contributed by atoms with E-state index in [1.165, 1.54) is 7.11 Å². The molecule has 8 nitrogen and oxygen atoms in total. The molecule has 1 aliphatic heterocycles. The summed E-state index contributed by atoms with van der Waals surface area (Å²) in [6.45, 7) is 4.75. The minimum atomic E-state index is -0.687. The van der Waals surface area contributed by atoms with Gasteiger partial charge in [0.05, 0.1) is 12.7 Å². The number of esters is 1. The van der Waals surface area contributed by atoms with E-state index in [9.17, 15) is 14.4 Å². The molecule has 0 spiro atoms. The number of hydrogen-bond acceptors (Lipinski definition) is 7. The molecule has 0 bridgehead atoms. The summed E-state index contributed by atoms with van der Waals surface area (Å²) in [5.41, 5.74) is 0.789. The van der Waals surface area contributed by atoms with Crippen LogP contribution in [0.2, 0.25) is 0 Å². The van der Waals surface area contributed by atoms with Gasteiger partial charge in [0.1, 0.15) is 5.76 Å². The third-order valence-corrected chi connectivity index (χ3v) is 4.86. The van der Waals surface area contributed by atoms with Crippen LogP contribution in [0.3, 0.4) is 0 Å². The van der Waals surface area contributed by atoms with Crippen molar-refractivity contribution in [2.75, 3.05) is 39.8 Å². The first-order chi connectivity index (χ1) is 13.5. The van der Waals surface area contributed by atoms with Gasteiger partial charge in [0.15, 0.2) is 5.78 Å². The zero-order valence-corrected chi connectivity index (χ0v) is 18.5. The number of nitrogens with zero attached hydrogens (tertiary/aromatic N) is 3. The van der Waals surface area contributed by atoms with Gasteiger partial charge in [-0.3, -0.25) is 14.5 Å². The van der Waals surface area contributed by atoms with Crippen LogP contribution in [-0.4, -0.2) is 72.4 Å². The molecule has 0 saturated carbocycles. The molecule has 1 saturated heterocycles. The number of amides is 1. The van der Waals surface area contributed by atoms with E-state index in [2.05, 4.69) is 14.8 Å². The Bertz CT molecular complexity index is 865. The molecule has 1 aliphatic rings. The highest BCUT2D eigenvalue weighted by molar-refractivity contribution is 6.05. The van der Waals surface area contributed by atoms with E-state index in [0.29, 0.717) is 44.0 Å². The normalized spacial score (nSPS) is 13.7. The number of aryl methyl sites for hydroxylation is 1. The summed E-state index contributed by atoms with van der Waals surface area (Å²) in [4.78, 5) is 40.7. The predicted octanol–water partition coefficient (Wildman–Crippen LogP) is 2.64. The van der Waals surface area contributed by atoms with E-state index in [1.54, 1.807) is 6.92 Å². The van der Waals surface area contributed by atoms with Crippen LogP contribution in [0.1, 0.15) is 43.4 Å². The molecule has 1 fully saturated rings. The van der Waals surface area contributed by atoms with E-state index in [4.69, 9.17) is 4.52 Å². The average Bonchev–Trinajstić information content (AvgIpc) is 3.13. The van der Waals surface area contributed by atoms with Crippen molar-refractivity contribution in [2.24, 2.45) is 0 Å². The number of ketones is 1. The maximum absolute atomic E-state index is 12.6. The van der Waals surface area contributed by atoms with Crippen LogP contribution >= 0.6 is 24.8 Å². The zero-order valence-electron chi connectivity index (χ0n) is 16.8. The van der Waals surface area contributed by atoms with E-state index in [-0.39, 0.29) is 54.2 Å². The lowest BCUT2D eigenvalue weighted by Gasteiger charge is -2.34. The minimum absolute atomic E-state index is 0. The Labute approximate surface area is 187 Å². The summed E-state index contributed by atoms with van der Waals surface area (Å²) in [5.74, 6) is -0.557. The molecule has 1 aromatic carbocycles. The van der Waals surface area contributed by atoms with Crippen molar-refractivity contribution in [3.63, 3.8) is 0 Å². The predicted molar refractivity (Wildman–Crippen MR) is 115 cm³/mol. The second-order valence-electron chi connectivity index (χ2n) is 6.63. The molecule has 2 aromatic rings. The van der Waals surface area contributed by atoms with Crippen molar-refractivity contribution in [3.8, 4) is 0 Å². The number of rotatable bonds is 6. The summed E-state index contributed by atoms with van der Waals surface area (Å²) in [6.07, 6.45) is 0.235. The summed E-state index contributed by atoms with van der Waals surface area (Å²) < 4.78 is 9.63. The van der Waals surface area contributed by atoms with Crippen molar-refractivity contribution in [1.82, 2.24) is 15.0 Å². The third-order valence-electron chi connectivity index (χ3n) is 4.86. The Balaban J connectivity index is 0.00000225. The highest BCUT2D eigenvalue weighted by Crippen LogP contribution is 2.17. The first-order valence-electron chi connectivity index (χ1n) is 9.15. The fourth-order valence-corrected chi connectivity index (χ4v) is 3.26. The number of carbonyl (C=O) groups is 3. The van der Waals surface area contributed by atoms with Crippen LogP contribution in [0.5, 0.6) is 0 Å². The molecule has 1 amide bonds. The Hall–Kier alpha value is -2.42. The molecule has 2 heterocycles. The van der Waals surface area contributed by atoms with Gasteiger partial charge in [0.2, 0.25) is 5.69 Å². The Morgan fingerprint density at radius 2 is 1.70 bits per heavy atom. The van der Waals surface area contributed by atoms with Crippen molar-refractivity contribution in [1.29, 1.82) is 0 Å². The van der Waals surface area contributed by atoms with E-state index < -0.39 is 5.97 Å². The van der Waals surface area contributed by atoms with Crippen molar-refractivity contribution in [2.45, 2.75) is 13.3 Å². The first kappa shape index (κ1) is 25.6. The van der Waals surface area contributed by atoms with Gasteiger partial charge < -0.3 is 14.2 Å². The maximum Gasteiger partial charge on any atom is 0.361 e. The number of halogens is 2. The lowest BCUT2D eigenvalue weighted by Crippen LogP contribution is -2.49. The zero-order chi connectivity index (χ0) is 20.1. The lowest BCUT2D eigenvalue weighted by molar-refractivity contribution is 0.0585. The highest BCUT2D eigenvalue weighted by atomic mass is 35.5.